The van der Waals surface area contributed by atoms with Crippen molar-refractivity contribution in [3.05, 3.63) is 0 Å². The number of alkyl halides is 10. The molecule has 0 aromatic rings. The maximum Gasteiger partial charge on any atom is 0.471 e. The first-order valence-corrected chi connectivity index (χ1v) is 8.22. The van der Waals surface area contributed by atoms with Gasteiger partial charge >= 0.3 is 42.9 Å². The molecule has 0 aliphatic carbocycles. The van der Waals surface area contributed by atoms with Crippen LogP contribution in [0.2, 0.25) is 0 Å². The van der Waals surface area contributed by atoms with Crippen molar-refractivity contribution >= 4 is 20.0 Å². The molecule has 0 spiro atoms. The Balaban J connectivity index is 6.59. The Hall–Kier alpha value is -0.880. The fourth-order valence-electron chi connectivity index (χ4n) is 1.08. The van der Waals surface area contributed by atoms with Gasteiger partial charge in [0.25, 0.3) is 0 Å². The molecule has 0 atom stereocenters. The summed E-state index contributed by atoms with van der Waals surface area (Å²) in [6.07, 6.45) is -14.0. The van der Waals surface area contributed by atoms with Crippen LogP contribution in [0.5, 0.6) is 0 Å². The standard InChI is InChI=1S/C7H7F10NO5S2/c1-23-3-2-18(24(19,20)6(14,15)4(8,9)10)25(21,22)7(16,17)5(11,12)13/h2-3H2,1H3. The first-order valence-electron chi connectivity index (χ1n) is 5.34. The van der Waals surface area contributed by atoms with E-state index in [0.29, 0.717) is 7.11 Å². The van der Waals surface area contributed by atoms with Gasteiger partial charge < -0.3 is 4.74 Å². The Bertz CT molecular complexity index is 623. The molecule has 0 heterocycles. The van der Waals surface area contributed by atoms with E-state index in [2.05, 4.69) is 4.74 Å². The molecule has 6 nitrogen and oxygen atoms in total. The first kappa shape index (κ1) is 24.1. The van der Waals surface area contributed by atoms with Crippen LogP contribution in [-0.4, -0.2) is 63.7 Å². The second-order valence-corrected chi connectivity index (χ2v) is 8.07. The molecule has 25 heavy (non-hydrogen) atoms. The maximum absolute atomic E-state index is 13.0. The summed E-state index contributed by atoms with van der Waals surface area (Å²) < 4.78 is 172. The minimum absolute atomic E-state index is 0.598. The summed E-state index contributed by atoms with van der Waals surface area (Å²) in [6, 6.07) is 0. The number of hydrogen-bond acceptors (Lipinski definition) is 5. The highest BCUT2D eigenvalue weighted by molar-refractivity contribution is 8.05. The topological polar surface area (TPSA) is 80.8 Å². The predicted octanol–water partition coefficient (Wildman–Crippen LogP) is 1.90. The summed E-state index contributed by atoms with van der Waals surface area (Å²) in [4.78, 5) is 0. The number of ether oxygens (including phenoxy) is 1. The molecule has 0 aliphatic rings. The van der Waals surface area contributed by atoms with Gasteiger partial charge in [0.05, 0.1) is 13.2 Å². The number of methoxy groups -OCH3 is 1. The third-order valence-corrected chi connectivity index (χ3v) is 6.70. The maximum atomic E-state index is 13.0. The molecule has 152 valence electrons. The van der Waals surface area contributed by atoms with E-state index < -0.39 is 59.8 Å². The number of nitrogens with zero attached hydrogens (tertiary/aromatic N) is 1. The lowest BCUT2D eigenvalue weighted by molar-refractivity contribution is -0.244. The van der Waals surface area contributed by atoms with Crippen LogP contribution in [0, 0.1) is 0 Å². The van der Waals surface area contributed by atoms with Gasteiger partial charge in [0.15, 0.2) is 0 Å². The number of halogens is 10. The van der Waals surface area contributed by atoms with E-state index >= 15 is 0 Å². The molecule has 0 aliphatic heterocycles. The second-order valence-electron chi connectivity index (χ2n) is 4.03. The molecule has 0 saturated heterocycles. The summed E-state index contributed by atoms with van der Waals surface area (Å²) in [5.41, 5.74) is 0. The van der Waals surface area contributed by atoms with Crippen LogP contribution in [0.4, 0.5) is 43.9 Å². The van der Waals surface area contributed by atoms with Crippen molar-refractivity contribution in [1.29, 1.82) is 0 Å². The molecule has 0 aromatic carbocycles. The lowest BCUT2D eigenvalue weighted by Gasteiger charge is -2.30. The fraction of sp³-hybridized carbons (Fsp3) is 1.00. The van der Waals surface area contributed by atoms with E-state index in [-0.39, 0.29) is 0 Å². The second kappa shape index (κ2) is 6.69. The average Bonchev–Trinajstić information content (AvgIpc) is 2.35. The zero-order chi connectivity index (χ0) is 20.7. The van der Waals surface area contributed by atoms with E-state index in [1.165, 1.54) is 0 Å². The molecule has 0 saturated carbocycles. The van der Waals surface area contributed by atoms with Gasteiger partial charge in [-0.15, -0.1) is 0 Å². The molecule has 0 N–H and O–H groups in total. The van der Waals surface area contributed by atoms with Gasteiger partial charge in [-0.1, -0.05) is 3.71 Å². The zero-order valence-corrected chi connectivity index (χ0v) is 13.1. The minimum Gasteiger partial charge on any atom is -0.383 e. The molecule has 0 bridgehead atoms. The van der Waals surface area contributed by atoms with E-state index in [9.17, 15) is 60.7 Å². The minimum atomic E-state index is -7.60. The normalized spacial score (nSPS) is 15.7. The smallest absolute Gasteiger partial charge is 0.383 e. The highest BCUT2D eigenvalue weighted by Gasteiger charge is 2.75. The van der Waals surface area contributed by atoms with Gasteiger partial charge in [-0.2, -0.15) is 43.9 Å². The Labute approximate surface area is 133 Å². The van der Waals surface area contributed by atoms with Gasteiger partial charge in [0.1, 0.15) is 0 Å². The van der Waals surface area contributed by atoms with Crippen molar-refractivity contribution in [1.82, 2.24) is 3.71 Å². The Morgan fingerprint density at radius 3 is 1.20 bits per heavy atom. The van der Waals surface area contributed by atoms with E-state index in [1.807, 2.05) is 0 Å². The molecule has 0 fully saturated rings. The highest BCUT2D eigenvalue weighted by Crippen LogP contribution is 2.46. The quantitative estimate of drug-likeness (QED) is 0.567. The first-order chi connectivity index (χ1) is 10.7. The molecular weight excluding hydrogens is 432 g/mol. The largest absolute Gasteiger partial charge is 0.471 e. The van der Waals surface area contributed by atoms with Crippen LogP contribution < -0.4 is 0 Å². The van der Waals surface area contributed by atoms with Crippen molar-refractivity contribution in [2.75, 3.05) is 20.3 Å². The molecule has 0 aromatic heterocycles. The van der Waals surface area contributed by atoms with Crippen LogP contribution in [0.3, 0.4) is 0 Å². The van der Waals surface area contributed by atoms with E-state index in [1.54, 1.807) is 0 Å². The number of sulfonamides is 2. The average molecular weight is 439 g/mol. The summed E-state index contributed by atoms with van der Waals surface area (Å²) in [5.74, 6) is 0. The molecule has 0 amide bonds. The van der Waals surface area contributed by atoms with Crippen molar-refractivity contribution in [2.45, 2.75) is 22.9 Å². The lowest BCUT2D eigenvalue weighted by Crippen LogP contribution is -2.59. The Morgan fingerprint density at radius 1 is 0.720 bits per heavy atom. The Kier molecular flexibility index (Phi) is 6.45. The molecular formula is C7H7F10NO5S2. The van der Waals surface area contributed by atoms with Crippen LogP contribution in [-0.2, 0) is 24.8 Å². The fourth-order valence-corrected chi connectivity index (χ4v) is 4.41. The SMILES string of the molecule is COCCN(S(=O)(=O)C(F)(F)C(F)(F)F)S(=O)(=O)C(F)(F)C(F)(F)F. The predicted molar refractivity (Wildman–Crippen MR) is 58.4 cm³/mol. The van der Waals surface area contributed by atoms with Crippen LogP contribution in [0.25, 0.3) is 0 Å². The lowest BCUT2D eigenvalue weighted by atomic mass is 10.7. The van der Waals surface area contributed by atoms with Crippen molar-refractivity contribution < 1.29 is 65.5 Å². The van der Waals surface area contributed by atoms with Gasteiger partial charge in [-0.3, -0.25) is 0 Å². The summed E-state index contributed by atoms with van der Waals surface area (Å²) >= 11 is 0. The van der Waals surface area contributed by atoms with Crippen LogP contribution >= 0.6 is 0 Å². The third kappa shape index (κ3) is 3.95. The summed E-state index contributed by atoms with van der Waals surface area (Å²) in [5, 5.41) is -14.0. The van der Waals surface area contributed by atoms with E-state index in [0.717, 1.165) is 0 Å². The van der Waals surface area contributed by atoms with Crippen LogP contribution in [0.15, 0.2) is 0 Å². The highest BCUT2D eigenvalue weighted by atomic mass is 32.3. The monoisotopic (exact) mass is 439 g/mol. The van der Waals surface area contributed by atoms with Gasteiger partial charge in [-0.25, -0.2) is 16.8 Å². The van der Waals surface area contributed by atoms with Gasteiger partial charge in [0.2, 0.25) is 0 Å². The van der Waals surface area contributed by atoms with Crippen molar-refractivity contribution in [2.24, 2.45) is 0 Å². The molecule has 0 rings (SSSR count). The van der Waals surface area contributed by atoms with Crippen molar-refractivity contribution in [3.63, 3.8) is 0 Å². The molecule has 18 heteroatoms. The van der Waals surface area contributed by atoms with E-state index in [4.69, 9.17) is 0 Å². The van der Waals surface area contributed by atoms with Crippen LogP contribution in [0.1, 0.15) is 0 Å². The summed E-state index contributed by atoms with van der Waals surface area (Å²) in [7, 11) is -14.6. The van der Waals surface area contributed by atoms with Crippen molar-refractivity contribution in [3.8, 4) is 0 Å². The number of hydrogen-bond donors (Lipinski definition) is 0. The molecule has 0 radical (unpaired) electrons. The zero-order valence-electron chi connectivity index (χ0n) is 11.5. The number of rotatable bonds is 7. The Morgan fingerprint density at radius 2 is 1.00 bits per heavy atom. The van der Waals surface area contributed by atoms with Gasteiger partial charge in [-0.05, 0) is 0 Å². The summed E-state index contributed by atoms with van der Waals surface area (Å²) in [6.45, 7) is -3.60. The van der Waals surface area contributed by atoms with Gasteiger partial charge in [0, 0.05) is 7.11 Å². The molecule has 0 unspecified atom stereocenters. The third-order valence-electron chi connectivity index (χ3n) is 2.32.